The number of sulfonamides is 1. The maximum Gasteiger partial charge on any atom is 0.243 e. The number of guanidine groups is 1. The Kier molecular flexibility index (Phi) is 7.52. The quantitative estimate of drug-likeness (QED) is 0.540. The Labute approximate surface area is 178 Å². The molecule has 0 aromatic heterocycles. The van der Waals surface area contributed by atoms with Gasteiger partial charge in [-0.25, -0.2) is 8.42 Å². The third kappa shape index (κ3) is 5.72. The van der Waals surface area contributed by atoms with E-state index in [1.807, 2.05) is 36.4 Å². The molecule has 2 N–H and O–H groups in total. The number of halogens is 1. The summed E-state index contributed by atoms with van der Waals surface area (Å²) in [4.78, 5) is 4.58. The number of hydrogen-bond acceptors (Lipinski definition) is 3. The van der Waals surface area contributed by atoms with E-state index in [1.54, 1.807) is 23.5 Å². The molecule has 0 spiro atoms. The lowest BCUT2D eigenvalue weighted by molar-refractivity contribution is 0.346. The summed E-state index contributed by atoms with van der Waals surface area (Å²) in [6, 6.07) is 14.8. The van der Waals surface area contributed by atoms with Gasteiger partial charge in [-0.15, -0.1) is 0 Å². The van der Waals surface area contributed by atoms with Crippen LogP contribution in [0.5, 0.6) is 0 Å². The van der Waals surface area contributed by atoms with Gasteiger partial charge in [0.05, 0.1) is 4.90 Å². The van der Waals surface area contributed by atoms with E-state index in [9.17, 15) is 8.42 Å². The minimum absolute atomic E-state index is 0.360. The number of benzene rings is 2. The van der Waals surface area contributed by atoms with Gasteiger partial charge in [-0.1, -0.05) is 48.4 Å². The highest BCUT2D eigenvalue weighted by atomic mass is 35.5. The van der Waals surface area contributed by atoms with Crippen molar-refractivity contribution in [1.29, 1.82) is 0 Å². The minimum Gasteiger partial charge on any atom is -0.352 e. The Morgan fingerprint density at radius 3 is 2.48 bits per heavy atom. The number of piperidine rings is 1. The Balaban J connectivity index is 1.67. The first-order chi connectivity index (χ1) is 14.0. The molecule has 1 saturated heterocycles. The number of rotatable bonds is 6. The smallest absolute Gasteiger partial charge is 0.243 e. The van der Waals surface area contributed by atoms with Gasteiger partial charge in [0.2, 0.25) is 10.0 Å². The van der Waals surface area contributed by atoms with Crippen molar-refractivity contribution in [3.8, 4) is 0 Å². The van der Waals surface area contributed by atoms with Gasteiger partial charge in [0.15, 0.2) is 5.96 Å². The van der Waals surface area contributed by atoms with Crippen LogP contribution >= 0.6 is 11.6 Å². The lowest BCUT2D eigenvalue weighted by atomic mass is 10.2. The molecule has 0 radical (unpaired) electrons. The molecular formula is C21H27ClN4O2S. The Morgan fingerprint density at radius 2 is 1.76 bits per heavy atom. The molecule has 8 heteroatoms. The Bertz CT molecular complexity index is 957. The van der Waals surface area contributed by atoms with Crippen LogP contribution in [0.3, 0.4) is 0 Å². The second kappa shape index (κ2) is 10.1. The van der Waals surface area contributed by atoms with Crippen molar-refractivity contribution < 1.29 is 8.42 Å². The van der Waals surface area contributed by atoms with Crippen molar-refractivity contribution in [3.05, 3.63) is 64.7 Å². The van der Waals surface area contributed by atoms with E-state index in [0.29, 0.717) is 42.1 Å². The van der Waals surface area contributed by atoms with Crippen LogP contribution in [-0.4, -0.2) is 38.8 Å². The van der Waals surface area contributed by atoms with Crippen molar-refractivity contribution in [1.82, 2.24) is 14.9 Å². The van der Waals surface area contributed by atoms with Crippen LogP contribution in [-0.2, 0) is 23.1 Å². The zero-order valence-electron chi connectivity index (χ0n) is 16.6. The molecule has 0 aliphatic carbocycles. The van der Waals surface area contributed by atoms with Crippen LogP contribution in [0.25, 0.3) is 0 Å². The normalized spacial score (nSPS) is 15.9. The molecule has 2 aromatic carbocycles. The first-order valence-electron chi connectivity index (χ1n) is 9.78. The molecule has 0 atom stereocenters. The summed E-state index contributed by atoms with van der Waals surface area (Å²) in [5, 5.41) is 7.12. The van der Waals surface area contributed by atoms with Gasteiger partial charge in [0.1, 0.15) is 0 Å². The zero-order chi connectivity index (χ0) is 20.7. The average Bonchev–Trinajstić information content (AvgIpc) is 2.75. The summed E-state index contributed by atoms with van der Waals surface area (Å²) in [6.45, 7) is 2.10. The van der Waals surface area contributed by atoms with E-state index in [1.165, 1.54) is 0 Å². The van der Waals surface area contributed by atoms with Crippen molar-refractivity contribution in [2.24, 2.45) is 4.99 Å². The first kappa shape index (κ1) is 21.6. The SMILES string of the molecule is CN=C(NCc1cccc(Cl)c1)NCc1ccccc1S(=O)(=O)N1CCCCC1. The predicted molar refractivity (Wildman–Crippen MR) is 118 cm³/mol. The van der Waals surface area contributed by atoms with E-state index in [4.69, 9.17) is 11.6 Å². The highest BCUT2D eigenvalue weighted by Crippen LogP contribution is 2.23. The second-order valence-electron chi connectivity index (χ2n) is 6.98. The third-order valence-corrected chi connectivity index (χ3v) is 7.16. The van der Waals surface area contributed by atoms with Gasteiger partial charge in [0, 0.05) is 38.2 Å². The lowest BCUT2D eigenvalue weighted by Gasteiger charge is -2.27. The second-order valence-corrected chi connectivity index (χ2v) is 9.32. The molecule has 3 rings (SSSR count). The molecule has 1 aliphatic heterocycles. The molecule has 1 heterocycles. The maximum atomic E-state index is 13.1. The van der Waals surface area contributed by atoms with Crippen molar-refractivity contribution in [2.75, 3.05) is 20.1 Å². The van der Waals surface area contributed by atoms with Gasteiger partial charge in [-0.05, 0) is 42.2 Å². The van der Waals surface area contributed by atoms with Crippen LogP contribution in [0.1, 0.15) is 30.4 Å². The molecule has 0 saturated carbocycles. The van der Waals surface area contributed by atoms with Gasteiger partial charge < -0.3 is 10.6 Å². The summed E-state index contributed by atoms with van der Waals surface area (Å²) >= 11 is 6.02. The van der Waals surface area contributed by atoms with Crippen LogP contribution in [0.2, 0.25) is 5.02 Å². The fourth-order valence-electron chi connectivity index (χ4n) is 3.38. The van der Waals surface area contributed by atoms with Crippen molar-refractivity contribution in [2.45, 2.75) is 37.2 Å². The van der Waals surface area contributed by atoms with Crippen LogP contribution in [0.15, 0.2) is 58.4 Å². The van der Waals surface area contributed by atoms with E-state index >= 15 is 0 Å². The number of nitrogens with zero attached hydrogens (tertiary/aromatic N) is 2. The highest BCUT2D eigenvalue weighted by Gasteiger charge is 2.27. The fourth-order valence-corrected chi connectivity index (χ4v) is 5.33. The van der Waals surface area contributed by atoms with E-state index in [-0.39, 0.29) is 0 Å². The molecule has 6 nitrogen and oxygen atoms in total. The van der Waals surface area contributed by atoms with Crippen molar-refractivity contribution >= 4 is 27.6 Å². The number of hydrogen-bond donors (Lipinski definition) is 2. The summed E-state index contributed by atoms with van der Waals surface area (Å²) in [5.41, 5.74) is 1.76. The molecule has 29 heavy (non-hydrogen) atoms. The predicted octanol–water partition coefficient (Wildman–Crippen LogP) is 3.38. The van der Waals surface area contributed by atoms with Crippen LogP contribution in [0, 0.1) is 0 Å². The lowest BCUT2D eigenvalue weighted by Crippen LogP contribution is -2.38. The van der Waals surface area contributed by atoms with Crippen molar-refractivity contribution in [3.63, 3.8) is 0 Å². The first-order valence-corrected chi connectivity index (χ1v) is 11.6. The van der Waals surface area contributed by atoms with Crippen LogP contribution < -0.4 is 10.6 Å². The van der Waals surface area contributed by atoms with E-state index < -0.39 is 10.0 Å². The van der Waals surface area contributed by atoms with Gasteiger partial charge >= 0.3 is 0 Å². The van der Waals surface area contributed by atoms with E-state index in [0.717, 1.165) is 30.4 Å². The standard InChI is InChI=1S/C21H27ClN4O2S/c1-23-21(24-15-17-8-7-10-19(22)14-17)25-16-18-9-3-4-11-20(18)29(27,28)26-12-5-2-6-13-26/h3-4,7-11,14H,2,5-6,12-13,15-16H2,1H3,(H2,23,24,25). The van der Waals surface area contributed by atoms with Gasteiger partial charge in [-0.3, -0.25) is 4.99 Å². The highest BCUT2D eigenvalue weighted by molar-refractivity contribution is 7.89. The number of aliphatic imine (C=N–C) groups is 1. The van der Waals surface area contributed by atoms with E-state index in [2.05, 4.69) is 15.6 Å². The maximum absolute atomic E-state index is 13.1. The topological polar surface area (TPSA) is 73.8 Å². The summed E-state index contributed by atoms with van der Waals surface area (Å²) < 4.78 is 27.8. The monoisotopic (exact) mass is 434 g/mol. The Hall–Kier alpha value is -2.09. The van der Waals surface area contributed by atoms with Gasteiger partial charge in [0.25, 0.3) is 0 Å². The van der Waals surface area contributed by atoms with Crippen LogP contribution in [0.4, 0.5) is 0 Å². The fraction of sp³-hybridized carbons (Fsp3) is 0.381. The minimum atomic E-state index is -3.49. The van der Waals surface area contributed by atoms with Gasteiger partial charge in [-0.2, -0.15) is 4.31 Å². The summed E-state index contributed by atoms with van der Waals surface area (Å²) in [7, 11) is -1.80. The molecule has 0 unspecified atom stereocenters. The molecule has 0 bridgehead atoms. The summed E-state index contributed by atoms with van der Waals surface area (Å²) in [5.74, 6) is 0.593. The molecule has 2 aromatic rings. The molecule has 156 valence electrons. The molecule has 1 fully saturated rings. The Morgan fingerprint density at radius 1 is 1.03 bits per heavy atom. The molecule has 0 amide bonds. The molecule has 1 aliphatic rings. The zero-order valence-corrected chi connectivity index (χ0v) is 18.1. The molecular weight excluding hydrogens is 408 g/mol. The number of nitrogens with one attached hydrogen (secondary N) is 2. The third-order valence-electron chi connectivity index (χ3n) is 4.92. The average molecular weight is 435 g/mol. The largest absolute Gasteiger partial charge is 0.352 e. The summed E-state index contributed by atoms with van der Waals surface area (Å²) in [6.07, 6.45) is 2.92.